The molecule has 0 bridgehead atoms. The van der Waals surface area contributed by atoms with E-state index in [9.17, 15) is 4.79 Å². The summed E-state index contributed by atoms with van der Waals surface area (Å²) < 4.78 is 5.62. The summed E-state index contributed by atoms with van der Waals surface area (Å²) in [5.41, 5.74) is 7.07. The molecule has 0 spiro atoms. The third-order valence-electron chi connectivity index (χ3n) is 5.01. The van der Waals surface area contributed by atoms with Gasteiger partial charge in [-0.25, -0.2) is 0 Å². The molecular formula is C17H24N2O2. The molecule has 4 heteroatoms. The summed E-state index contributed by atoms with van der Waals surface area (Å²) in [6.07, 6.45) is 5.47. The van der Waals surface area contributed by atoms with Crippen LogP contribution in [0.15, 0.2) is 24.3 Å². The van der Waals surface area contributed by atoms with Gasteiger partial charge in [0.2, 0.25) is 5.91 Å². The maximum Gasteiger partial charge on any atom is 0.227 e. The van der Waals surface area contributed by atoms with Crippen molar-refractivity contribution in [2.45, 2.75) is 38.0 Å². The highest BCUT2D eigenvalue weighted by atomic mass is 16.5. The van der Waals surface area contributed by atoms with E-state index in [1.165, 1.54) is 12.8 Å². The molecule has 21 heavy (non-hydrogen) atoms. The van der Waals surface area contributed by atoms with E-state index in [4.69, 9.17) is 10.5 Å². The zero-order chi connectivity index (χ0) is 14.7. The van der Waals surface area contributed by atoms with Crippen molar-refractivity contribution in [3.8, 4) is 5.75 Å². The number of carbonyl (C=O) groups excluding carboxylic acids is 1. The summed E-state index contributed by atoms with van der Waals surface area (Å²) in [5, 5.41) is 3.15. The Morgan fingerprint density at radius 3 is 2.86 bits per heavy atom. The number of amides is 1. The Bertz CT molecular complexity index is 509. The van der Waals surface area contributed by atoms with Crippen LogP contribution in [0.25, 0.3) is 0 Å². The van der Waals surface area contributed by atoms with Crippen molar-refractivity contribution in [3.63, 3.8) is 0 Å². The monoisotopic (exact) mass is 288 g/mol. The molecule has 2 aliphatic rings. The molecule has 0 aromatic heterocycles. The number of hydrogen-bond donors (Lipinski definition) is 2. The number of benzene rings is 1. The van der Waals surface area contributed by atoms with Gasteiger partial charge in [-0.2, -0.15) is 0 Å². The lowest BCUT2D eigenvalue weighted by molar-refractivity contribution is -0.123. The molecule has 0 radical (unpaired) electrons. The maximum atomic E-state index is 12.6. The first kappa shape index (κ1) is 14.4. The van der Waals surface area contributed by atoms with Crippen LogP contribution in [0.2, 0.25) is 0 Å². The molecule has 1 amide bonds. The number of rotatable bonds is 4. The zero-order valence-corrected chi connectivity index (χ0v) is 12.4. The number of nitrogens with one attached hydrogen (secondary N) is 1. The van der Waals surface area contributed by atoms with Crippen molar-refractivity contribution in [2.24, 2.45) is 11.1 Å². The van der Waals surface area contributed by atoms with Gasteiger partial charge in [0.25, 0.3) is 0 Å². The minimum atomic E-state index is -0.0915. The van der Waals surface area contributed by atoms with Crippen molar-refractivity contribution in [3.05, 3.63) is 29.8 Å². The largest absolute Gasteiger partial charge is 0.493 e. The van der Waals surface area contributed by atoms with E-state index in [-0.39, 0.29) is 17.2 Å². The van der Waals surface area contributed by atoms with Crippen LogP contribution in [0.1, 0.15) is 43.6 Å². The van der Waals surface area contributed by atoms with Gasteiger partial charge in [0, 0.05) is 12.1 Å². The second kappa shape index (κ2) is 6.06. The summed E-state index contributed by atoms with van der Waals surface area (Å²) in [4.78, 5) is 12.6. The molecule has 4 nitrogen and oxygen atoms in total. The topological polar surface area (TPSA) is 64.3 Å². The van der Waals surface area contributed by atoms with Gasteiger partial charge < -0.3 is 15.8 Å². The van der Waals surface area contributed by atoms with Gasteiger partial charge in [-0.3, -0.25) is 4.79 Å². The van der Waals surface area contributed by atoms with Crippen molar-refractivity contribution < 1.29 is 9.53 Å². The van der Waals surface area contributed by atoms with Crippen LogP contribution in [-0.2, 0) is 4.79 Å². The second-order valence-electron chi connectivity index (χ2n) is 6.36. The van der Waals surface area contributed by atoms with E-state index in [1.54, 1.807) is 0 Å². The molecule has 1 aromatic rings. The third-order valence-corrected chi connectivity index (χ3v) is 5.01. The van der Waals surface area contributed by atoms with Crippen LogP contribution in [-0.4, -0.2) is 25.6 Å². The highest BCUT2D eigenvalue weighted by Crippen LogP contribution is 2.37. The average Bonchev–Trinajstić information content (AvgIpc) is 3.01. The molecular weight excluding hydrogens is 264 g/mol. The molecule has 1 aliphatic carbocycles. The quantitative estimate of drug-likeness (QED) is 0.892. The number of nitrogens with two attached hydrogens (primary N) is 1. The highest BCUT2D eigenvalue weighted by molar-refractivity contribution is 5.84. The minimum Gasteiger partial charge on any atom is -0.493 e. The van der Waals surface area contributed by atoms with Crippen LogP contribution < -0.4 is 15.8 Å². The molecule has 3 rings (SSSR count). The van der Waals surface area contributed by atoms with E-state index in [0.717, 1.165) is 30.6 Å². The fourth-order valence-electron chi connectivity index (χ4n) is 3.59. The van der Waals surface area contributed by atoms with Gasteiger partial charge in [0.1, 0.15) is 5.75 Å². The summed E-state index contributed by atoms with van der Waals surface area (Å²) in [6, 6.07) is 7.84. The minimum absolute atomic E-state index is 0.0915. The number of ether oxygens (including phenoxy) is 1. The fraction of sp³-hybridized carbons (Fsp3) is 0.588. The summed E-state index contributed by atoms with van der Waals surface area (Å²) in [6.45, 7) is 1.98. The highest BCUT2D eigenvalue weighted by Gasteiger charge is 2.34. The first-order chi connectivity index (χ1) is 10.2. The van der Waals surface area contributed by atoms with Crippen molar-refractivity contribution in [2.75, 3.05) is 19.7 Å². The number of carbonyl (C=O) groups is 1. The molecule has 1 atom stereocenters. The predicted octanol–water partition coefficient (Wildman–Crippen LogP) is 2.19. The standard InChI is InChI=1S/C17H24N2O2/c18-11-17(8-3-4-9-17)12-19-16(20)14-7-10-21-15-6-2-1-5-13(14)15/h1-2,5-6,14H,3-4,7-12,18H2,(H,19,20). The van der Waals surface area contributed by atoms with Gasteiger partial charge >= 0.3 is 0 Å². The Morgan fingerprint density at radius 1 is 1.33 bits per heavy atom. The van der Waals surface area contributed by atoms with Crippen molar-refractivity contribution in [1.29, 1.82) is 0 Å². The van der Waals surface area contributed by atoms with Crippen molar-refractivity contribution >= 4 is 5.91 Å². The molecule has 114 valence electrons. The van der Waals surface area contributed by atoms with Crippen LogP contribution in [0, 0.1) is 5.41 Å². The summed E-state index contributed by atoms with van der Waals surface area (Å²) in [5.74, 6) is 0.870. The molecule has 1 unspecified atom stereocenters. The van der Waals surface area contributed by atoms with Crippen LogP contribution in [0.3, 0.4) is 0 Å². The second-order valence-corrected chi connectivity index (χ2v) is 6.36. The Hall–Kier alpha value is -1.55. The van der Waals surface area contributed by atoms with Gasteiger partial charge in [-0.15, -0.1) is 0 Å². The predicted molar refractivity (Wildman–Crippen MR) is 82.3 cm³/mol. The maximum absolute atomic E-state index is 12.6. The Balaban J connectivity index is 1.66. The Labute approximate surface area is 126 Å². The Morgan fingerprint density at radius 2 is 2.10 bits per heavy atom. The number of fused-ring (bicyclic) bond motifs is 1. The van der Waals surface area contributed by atoms with E-state index in [0.29, 0.717) is 19.7 Å². The van der Waals surface area contributed by atoms with Crippen LogP contribution in [0.4, 0.5) is 0 Å². The van der Waals surface area contributed by atoms with Gasteiger partial charge in [-0.1, -0.05) is 31.0 Å². The lowest BCUT2D eigenvalue weighted by atomic mass is 9.85. The molecule has 3 N–H and O–H groups in total. The normalized spacial score (nSPS) is 23.2. The smallest absolute Gasteiger partial charge is 0.227 e. The molecule has 0 saturated heterocycles. The zero-order valence-electron chi connectivity index (χ0n) is 12.4. The number of hydrogen-bond acceptors (Lipinski definition) is 3. The van der Waals surface area contributed by atoms with Crippen LogP contribution in [0.5, 0.6) is 5.75 Å². The average molecular weight is 288 g/mol. The molecule has 1 heterocycles. The fourth-order valence-corrected chi connectivity index (χ4v) is 3.59. The van der Waals surface area contributed by atoms with Gasteiger partial charge in [-0.05, 0) is 37.3 Å². The van der Waals surface area contributed by atoms with Crippen LogP contribution >= 0.6 is 0 Å². The van der Waals surface area contributed by atoms with Gasteiger partial charge in [0.15, 0.2) is 0 Å². The lowest BCUT2D eigenvalue weighted by Crippen LogP contribution is -2.42. The lowest BCUT2D eigenvalue weighted by Gasteiger charge is -2.30. The van der Waals surface area contributed by atoms with E-state index < -0.39 is 0 Å². The third kappa shape index (κ3) is 2.91. The first-order valence-electron chi connectivity index (χ1n) is 7.94. The summed E-state index contributed by atoms with van der Waals surface area (Å²) in [7, 11) is 0. The Kier molecular flexibility index (Phi) is 4.15. The molecule has 1 aliphatic heterocycles. The van der Waals surface area contributed by atoms with Gasteiger partial charge in [0.05, 0.1) is 12.5 Å². The SMILES string of the molecule is NCC1(CNC(=O)C2CCOc3ccccc32)CCCC1. The van der Waals surface area contributed by atoms with E-state index in [2.05, 4.69) is 5.32 Å². The molecule has 1 aromatic carbocycles. The first-order valence-corrected chi connectivity index (χ1v) is 7.94. The number of para-hydroxylation sites is 1. The molecule has 1 fully saturated rings. The van der Waals surface area contributed by atoms with Crippen molar-refractivity contribution in [1.82, 2.24) is 5.32 Å². The summed E-state index contributed by atoms with van der Waals surface area (Å²) >= 11 is 0. The van der Waals surface area contributed by atoms with E-state index in [1.807, 2.05) is 24.3 Å². The van der Waals surface area contributed by atoms with E-state index >= 15 is 0 Å². The molecule has 1 saturated carbocycles.